The molecule has 1 aromatic carbocycles. The van der Waals surface area contributed by atoms with Gasteiger partial charge in [0.25, 0.3) is 11.8 Å². The highest BCUT2D eigenvalue weighted by molar-refractivity contribution is 8.78. The van der Waals surface area contributed by atoms with Crippen molar-refractivity contribution in [2.24, 2.45) is 5.41 Å². The van der Waals surface area contributed by atoms with Gasteiger partial charge in [-0.05, 0) is 31.5 Å². The minimum atomic E-state index is -3.77. The van der Waals surface area contributed by atoms with Crippen molar-refractivity contribution in [1.82, 2.24) is 9.80 Å². The van der Waals surface area contributed by atoms with E-state index in [0.717, 1.165) is 0 Å². The molecule has 0 saturated carbocycles. The van der Waals surface area contributed by atoms with Crippen LogP contribution in [0.3, 0.4) is 0 Å². The van der Waals surface area contributed by atoms with Gasteiger partial charge in [0.15, 0.2) is 21.2 Å². The third kappa shape index (κ3) is 2.13. The summed E-state index contributed by atoms with van der Waals surface area (Å²) in [5.74, 6) is -0.806. The van der Waals surface area contributed by atoms with E-state index in [0.29, 0.717) is 5.56 Å². The summed E-state index contributed by atoms with van der Waals surface area (Å²) >= 11 is 0. The lowest BCUT2D eigenvalue weighted by Gasteiger charge is -2.57. The number of piperazine rings is 1. The van der Waals surface area contributed by atoms with Gasteiger partial charge in [-0.15, -0.1) is 8.78 Å². The Morgan fingerprint density at radius 1 is 1.17 bits per heavy atom. The number of ether oxygens (including phenoxy) is 2. The zero-order valence-corrected chi connectivity index (χ0v) is 17.2. The van der Waals surface area contributed by atoms with Gasteiger partial charge in [-0.25, -0.2) is 0 Å². The number of halogens is 2. The van der Waals surface area contributed by atoms with Crippen LogP contribution in [0.1, 0.15) is 31.9 Å². The molecule has 4 atom stereocenters. The fourth-order valence-electron chi connectivity index (χ4n) is 4.56. The van der Waals surface area contributed by atoms with Crippen molar-refractivity contribution in [2.75, 3.05) is 7.05 Å². The molecule has 152 valence electrons. The van der Waals surface area contributed by atoms with Crippen molar-refractivity contribution in [3.8, 4) is 17.6 Å². The van der Waals surface area contributed by atoms with Crippen molar-refractivity contribution in [1.29, 1.82) is 5.26 Å². The predicted octanol–water partition coefficient (Wildman–Crippen LogP) is 3.09. The maximum absolute atomic E-state index is 13.5. The number of carbonyl (C=O) groups excluding carboxylic acids is 2. The molecule has 1 spiro atoms. The zero-order valence-electron chi connectivity index (χ0n) is 15.6. The predicted molar refractivity (Wildman–Crippen MR) is 99.7 cm³/mol. The summed E-state index contributed by atoms with van der Waals surface area (Å²) in [5, 5.41) is 10.0. The molecule has 2 bridgehead atoms. The molecule has 6 rings (SSSR count). The van der Waals surface area contributed by atoms with Gasteiger partial charge >= 0.3 is 6.29 Å². The van der Waals surface area contributed by atoms with Gasteiger partial charge in [0, 0.05) is 13.5 Å². The van der Waals surface area contributed by atoms with Crippen molar-refractivity contribution < 1.29 is 27.8 Å². The normalized spacial score (nSPS) is 39.0. The number of carbonyl (C=O) groups is 2. The van der Waals surface area contributed by atoms with Crippen LogP contribution in [0, 0.1) is 16.7 Å². The van der Waals surface area contributed by atoms with Crippen LogP contribution in [0.25, 0.3) is 0 Å². The van der Waals surface area contributed by atoms with Gasteiger partial charge in [-0.1, -0.05) is 27.7 Å². The number of nitriles is 1. The van der Waals surface area contributed by atoms with Crippen molar-refractivity contribution >= 4 is 33.4 Å². The second kappa shape index (κ2) is 5.29. The Morgan fingerprint density at radius 2 is 1.86 bits per heavy atom. The highest BCUT2D eigenvalue weighted by atomic mass is 33.1. The monoisotopic (exact) mass is 439 g/mol. The molecule has 11 heteroatoms. The lowest BCUT2D eigenvalue weighted by atomic mass is 9.79. The standard InChI is InChI=1S/C18H15F2N3O4S2/c1-15(8-21)7-17-14(25)22(3)16(2,28-29-17)13(24)23(17)12(15)9-4-5-10-11(6-9)27-18(19,20)26-10/h4-6,12H,7H2,1-3H3/t12?,15-,16?,17?/m1/s1. The number of hydrogen-bond donors (Lipinski definition) is 0. The number of benzene rings is 1. The molecule has 4 fully saturated rings. The Kier molecular flexibility index (Phi) is 3.43. The summed E-state index contributed by atoms with van der Waals surface area (Å²) in [5.41, 5.74) is -0.664. The fraction of sp³-hybridized carbons (Fsp3) is 0.500. The number of rotatable bonds is 1. The van der Waals surface area contributed by atoms with Gasteiger partial charge < -0.3 is 19.3 Å². The highest BCUT2D eigenvalue weighted by Gasteiger charge is 2.74. The summed E-state index contributed by atoms with van der Waals surface area (Å²) in [7, 11) is 4.19. The molecular weight excluding hydrogens is 424 g/mol. The largest absolute Gasteiger partial charge is 0.586 e. The van der Waals surface area contributed by atoms with Crippen LogP contribution in [0.4, 0.5) is 8.78 Å². The third-order valence-corrected chi connectivity index (χ3v) is 9.79. The van der Waals surface area contributed by atoms with Gasteiger partial charge in [-0.3, -0.25) is 9.59 Å². The molecule has 0 aliphatic carbocycles. The molecule has 29 heavy (non-hydrogen) atoms. The second-order valence-electron chi connectivity index (χ2n) is 7.96. The van der Waals surface area contributed by atoms with E-state index in [4.69, 9.17) is 0 Å². The maximum Gasteiger partial charge on any atom is 0.586 e. The molecule has 1 aromatic rings. The first kappa shape index (κ1) is 18.8. The summed E-state index contributed by atoms with van der Waals surface area (Å²) < 4.78 is 35.9. The van der Waals surface area contributed by atoms with Crippen LogP contribution in [0.15, 0.2) is 18.2 Å². The average Bonchev–Trinajstić information content (AvgIpc) is 3.12. The Morgan fingerprint density at radius 3 is 2.55 bits per heavy atom. The second-order valence-corrected chi connectivity index (χ2v) is 10.8. The fourth-order valence-corrected chi connectivity index (χ4v) is 8.14. The molecule has 3 unspecified atom stereocenters. The van der Waals surface area contributed by atoms with Crippen LogP contribution in [0.5, 0.6) is 11.5 Å². The molecule has 2 amide bonds. The minimum Gasteiger partial charge on any atom is -0.395 e. The summed E-state index contributed by atoms with van der Waals surface area (Å²) in [6.07, 6.45) is -3.64. The highest BCUT2D eigenvalue weighted by Crippen LogP contribution is 2.69. The molecule has 5 aliphatic rings. The van der Waals surface area contributed by atoms with E-state index in [1.165, 1.54) is 49.6 Å². The number of hydrogen-bond acceptors (Lipinski definition) is 7. The Bertz CT molecular complexity index is 1030. The Hall–Kier alpha value is -2.19. The number of nitrogens with zero attached hydrogens (tertiary/aromatic N) is 3. The van der Waals surface area contributed by atoms with Gasteiger partial charge in [0.1, 0.15) is 0 Å². The average molecular weight is 439 g/mol. The van der Waals surface area contributed by atoms with Crippen LogP contribution >= 0.6 is 21.6 Å². The topological polar surface area (TPSA) is 82.9 Å². The smallest absolute Gasteiger partial charge is 0.395 e. The zero-order chi connectivity index (χ0) is 21.0. The molecule has 4 saturated heterocycles. The number of amides is 2. The van der Waals surface area contributed by atoms with E-state index >= 15 is 0 Å². The lowest BCUT2D eigenvalue weighted by Crippen LogP contribution is -2.73. The van der Waals surface area contributed by atoms with Crippen LogP contribution in [-0.4, -0.2) is 44.7 Å². The number of fused-ring (bicyclic) bond motifs is 3. The Balaban J connectivity index is 1.67. The number of likely N-dealkylation sites (N-methyl/N-ethyl adjacent to an activating group) is 1. The maximum atomic E-state index is 13.5. The first-order valence-electron chi connectivity index (χ1n) is 8.77. The summed E-state index contributed by atoms with van der Waals surface area (Å²) in [6, 6.07) is 5.70. The van der Waals surface area contributed by atoms with E-state index in [2.05, 4.69) is 15.5 Å². The van der Waals surface area contributed by atoms with E-state index in [1.807, 2.05) is 0 Å². The van der Waals surface area contributed by atoms with Crippen LogP contribution < -0.4 is 9.47 Å². The lowest BCUT2D eigenvalue weighted by molar-refractivity contribution is -0.286. The summed E-state index contributed by atoms with van der Waals surface area (Å²) in [6.45, 7) is 3.36. The van der Waals surface area contributed by atoms with Crippen molar-refractivity contribution in [3.63, 3.8) is 0 Å². The summed E-state index contributed by atoms with van der Waals surface area (Å²) in [4.78, 5) is 27.3. The molecule has 0 aromatic heterocycles. The van der Waals surface area contributed by atoms with E-state index in [9.17, 15) is 23.6 Å². The Labute approximate surface area is 172 Å². The quantitative estimate of drug-likeness (QED) is 0.622. The van der Waals surface area contributed by atoms with E-state index in [1.54, 1.807) is 20.9 Å². The van der Waals surface area contributed by atoms with E-state index in [-0.39, 0.29) is 29.7 Å². The number of alkyl halides is 2. The van der Waals surface area contributed by atoms with Gasteiger partial charge in [0.05, 0.1) is 17.5 Å². The van der Waals surface area contributed by atoms with E-state index < -0.39 is 27.5 Å². The molecule has 5 aliphatic heterocycles. The molecule has 0 radical (unpaired) electrons. The first-order chi connectivity index (χ1) is 13.5. The first-order valence-corrected chi connectivity index (χ1v) is 10.9. The molecule has 0 N–H and O–H groups in total. The minimum absolute atomic E-state index is 0.121. The van der Waals surface area contributed by atoms with Gasteiger partial charge in [0.2, 0.25) is 0 Å². The van der Waals surface area contributed by atoms with Gasteiger partial charge in [-0.2, -0.15) is 5.26 Å². The molecular formula is C18H15F2N3O4S2. The SMILES string of the molecule is CN1C(=O)C23C[C@](C)(C#N)C(c4ccc5c(c4)OC(F)(F)O5)N2C(=O)C1(C)SS3. The third-order valence-electron chi connectivity index (χ3n) is 6.09. The van der Waals surface area contributed by atoms with Crippen molar-refractivity contribution in [2.45, 2.75) is 42.3 Å². The van der Waals surface area contributed by atoms with Crippen molar-refractivity contribution in [3.05, 3.63) is 23.8 Å². The van der Waals surface area contributed by atoms with Crippen LogP contribution in [0.2, 0.25) is 0 Å². The molecule has 5 heterocycles. The molecule has 7 nitrogen and oxygen atoms in total. The van der Waals surface area contributed by atoms with Crippen LogP contribution in [-0.2, 0) is 9.59 Å².